The van der Waals surface area contributed by atoms with Crippen LogP contribution in [0.15, 0.2) is 41.4 Å². The summed E-state index contributed by atoms with van der Waals surface area (Å²) in [6.45, 7) is 3.37. The Morgan fingerprint density at radius 2 is 1.81 bits per heavy atom. The third-order valence-electron chi connectivity index (χ3n) is 3.57. The lowest BCUT2D eigenvalue weighted by Gasteiger charge is -2.12. The second kappa shape index (κ2) is 10.9. The van der Waals surface area contributed by atoms with Crippen molar-refractivity contribution in [1.29, 1.82) is 0 Å². The van der Waals surface area contributed by atoms with E-state index in [4.69, 9.17) is 0 Å². The van der Waals surface area contributed by atoms with Gasteiger partial charge in [0.25, 0.3) is 0 Å². The molecule has 0 aliphatic rings. The Morgan fingerprint density at radius 1 is 1.12 bits per heavy atom. The van der Waals surface area contributed by atoms with E-state index >= 15 is 0 Å². The summed E-state index contributed by atoms with van der Waals surface area (Å²) in [6, 6.07) is 11.7. The maximum atomic E-state index is 11.7. The van der Waals surface area contributed by atoms with Gasteiger partial charge in [0.1, 0.15) is 0 Å². The van der Waals surface area contributed by atoms with Gasteiger partial charge in [-0.3, -0.25) is 4.99 Å². The van der Waals surface area contributed by atoms with Crippen LogP contribution >= 0.6 is 35.3 Å². The van der Waals surface area contributed by atoms with E-state index < -0.39 is 10.0 Å². The largest absolute Gasteiger partial charge is 0.352 e. The average molecular weight is 508 g/mol. The first-order valence-electron chi connectivity index (χ1n) is 7.91. The number of sulfonamides is 1. The second-order valence-corrected chi connectivity index (χ2v) is 8.87. The van der Waals surface area contributed by atoms with E-state index in [9.17, 15) is 8.42 Å². The summed E-state index contributed by atoms with van der Waals surface area (Å²) in [5.74, 6) is 0.682. The number of aryl methyl sites for hydroxylation is 1. The van der Waals surface area contributed by atoms with Gasteiger partial charge in [0.05, 0.1) is 12.3 Å². The molecular formula is C17H25IN4O2S2. The number of rotatable bonds is 7. The number of guanidine groups is 1. The van der Waals surface area contributed by atoms with Crippen molar-refractivity contribution < 1.29 is 8.42 Å². The molecule has 1 aromatic carbocycles. The van der Waals surface area contributed by atoms with Gasteiger partial charge in [0.2, 0.25) is 10.0 Å². The van der Waals surface area contributed by atoms with Crippen molar-refractivity contribution in [1.82, 2.24) is 15.4 Å². The highest BCUT2D eigenvalue weighted by atomic mass is 127. The Hall–Kier alpha value is -1.17. The fourth-order valence-electron chi connectivity index (χ4n) is 2.28. The molecule has 0 atom stereocenters. The monoisotopic (exact) mass is 508 g/mol. The number of aliphatic imine (C=N–C) groups is 1. The van der Waals surface area contributed by atoms with Gasteiger partial charge in [0.15, 0.2) is 5.96 Å². The molecular weight excluding hydrogens is 483 g/mol. The molecule has 0 spiro atoms. The van der Waals surface area contributed by atoms with Gasteiger partial charge in [-0.15, -0.1) is 35.3 Å². The van der Waals surface area contributed by atoms with Crippen LogP contribution in [0.2, 0.25) is 0 Å². The van der Waals surface area contributed by atoms with Crippen molar-refractivity contribution >= 4 is 51.3 Å². The topological polar surface area (TPSA) is 82.6 Å². The lowest BCUT2D eigenvalue weighted by Crippen LogP contribution is -2.36. The van der Waals surface area contributed by atoms with Crippen LogP contribution < -0.4 is 15.4 Å². The van der Waals surface area contributed by atoms with Crippen molar-refractivity contribution in [2.45, 2.75) is 25.8 Å². The van der Waals surface area contributed by atoms with Crippen LogP contribution in [-0.4, -0.2) is 28.5 Å². The molecule has 2 rings (SSSR count). The van der Waals surface area contributed by atoms with E-state index in [0.29, 0.717) is 12.5 Å². The van der Waals surface area contributed by atoms with Crippen molar-refractivity contribution in [3.63, 3.8) is 0 Å². The maximum absolute atomic E-state index is 11.7. The third kappa shape index (κ3) is 7.60. The molecule has 1 heterocycles. The summed E-state index contributed by atoms with van der Waals surface area (Å²) in [7, 11) is -0.119. The molecule has 9 heteroatoms. The van der Waals surface area contributed by atoms with Crippen LogP contribution in [0.1, 0.15) is 20.9 Å². The Kier molecular flexibility index (Phi) is 9.55. The highest BCUT2D eigenvalue weighted by Gasteiger charge is 2.09. The zero-order chi connectivity index (χ0) is 18.3. The molecule has 0 aliphatic carbocycles. The van der Waals surface area contributed by atoms with Crippen LogP contribution in [0.3, 0.4) is 0 Å². The molecule has 0 amide bonds. The quantitative estimate of drug-likeness (QED) is 0.305. The highest BCUT2D eigenvalue weighted by Crippen LogP contribution is 2.14. The molecule has 144 valence electrons. The number of nitrogens with zero attached hydrogens (tertiary/aromatic N) is 1. The average Bonchev–Trinajstić information content (AvgIpc) is 3.00. The van der Waals surface area contributed by atoms with Crippen molar-refractivity contribution in [2.24, 2.45) is 4.99 Å². The summed E-state index contributed by atoms with van der Waals surface area (Å²) in [6.07, 6.45) is 0. The van der Waals surface area contributed by atoms with Crippen molar-refractivity contribution in [3.8, 4) is 0 Å². The zero-order valence-electron chi connectivity index (χ0n) is 15.1. The predicted molar refractivity (Wildman–Crippen MR) is 120 cm³/mol. The van der Waals surface area contributed by atoms with Gasteiger partial charge in [-0.1, -0.05) is 24.3 Å². The summed E-state index contributed by atoms with van der Waals surface area (Å²) in [4.78, 5) is 6.75. The first kappa shape index (κ1) is 22.9. The number of hydrogen-bond donors (Lipinski definition) is 3. The maximum Gasteiger partial charge on any atom is 0.215 e. The molecule has 1 aromatic heterocycles. The number of nitrogens with one attached hydrogen (secondary N) is 3. The van der Waals surface area contributed by atoms with Crippen LogP contribution in [0.5, 0.6) is 0 Å². The second-order valence-electron chi connectivity index (χ2n) is 5.57. The Labute approximate surface area is 176 Å². The van der Waals surface area contributed by atoms with Gasteiger partial charge in [-0.05, 0) is 37.2 Å². The molecule has 0 radical (unpaired) electrons. The molecule has 0 saturated heterocycles. The summed E-state index contributed by atoms with van der Waals surface area (Å²) in [5.41, 5.74) is 1.75. The highest BCUT2D eigenvalue weighted by molar-refractivity contribution is 14.0. The fourth-order valence-corrected chi connectivity index (χ4v) is 3.87. The molecule has 3 N–H and O–H groups in total. The van der Waals surface area contributed by atoms with E-state index in [0.717, 1.165) is 17.7 Å². The van der Waals surface area contributed by atoms with Crippen LogP contribution in [-0.2, 0) is 28.9 Å². The minimum Gasteiger partial charge on any atom is -0.352 e. The standard InChI is InChI=1S/C17H24N4O2S2.HI/c1-13-7-8-16(24-13)11-21-17(18-2)20-10-14-5-4-6-15(9-14)12-25(22,23)19-3;/h4-9,19H,10-12H2,1-3H3,(H2,18,20,21);1H. The first-order valence-corrected chi connectivity index (χ1v) is 10.4. The van der Waals surface area contributed by atoms with Crippen LogP contribution in [0, 0.1) is 6.92 Å². The SMILES string of the molecule is CN=C(NCc1cccc(CS(=O)(=O)NC)c1)NCc1ccc(C)s1.I. The smallest absolute Gasteiger partial charge is 0.215 e. The molecule has 0 aliphatic heterocycles. The van der Waals surface area contributed by atoms with Crippen LogP contribution in [0.4, 0.5) is 0 Å². The number of halogens is 1. The lowest BCUT2D eigenvalue weighted by atomic mass is 10.1. The molecule has 0 fully saturated rings. The predicted octanol–water partition coefficient (Wildman–Crippen LogP) is 2.59. The molecule has 2 aromatic rings. The van der Waals surface area contributed by atoms with E-state index in [2.05, 4.69) is 39.4 Å². The van der Waals surface area contributed by atoms with Gasteiger partial charge in [-0.2, -0.15) is 0 Å². The normalized spacial score (nSPS) is 11.7. The Balaban J connectivity index is 0.00000338. The minimum absolute atomic E-state index is 0. The number of benzene rings is 1. The summed E-state index contributed by atoms with van der Waals surface area (Å²) >= 11 is 1.76. The van der Waals surface area contributed by atoms with Gasteiger partial charge >= 0.3 is 0 Å². The van der Waals surface area contributed by atoms with E-state index in [1.54, 1.807) is 18.4 Å². The summed E-state index contributed by atoms with van der Waals surface area (Å²) in [5, 5.41) is 6.52. The lowest BCUT2D eigenvalue weighted by molar-refractivity contribution is 0.587. The van der Waals surface area contributed by atoms with Gasteiger partial charge in [0, 0.05) is 23.3 Å². The Morgan fingerprint density at radius 3 is 2.42 bits per heavy atom. The van der Waals surface area contributed by atoms with Crippen molar-refractivity contribution in [2.75, 3.05) is 14.1 Å². The molecule has 26 heavy (non-hydrogen) atoms. The van der Waals surface area contributed by atoms with Crippen LogP contribution in [0.25, 0.3) is 0 Å². The van der Waals surface area contributed by atoms with E-state index in [1.807, 2.05) is 24.3 Å². The van der Waals surface area contributed by atoms with Crippen molar-refractivity contribution in [3.05, 3.63) is 57.3 Å². The fraction of sp³-hybridized carbons (Fsp3) is 0.353. The van der Waals surface area contributed by atoms with Gasteiger partial charge in [-0.25, -0.2) is 13.1 Å². The minimum atomic E-state index is -3.27. The zero-order valence-corrected chi connectivity index (χ0v) is 19.0. The number of hydrogen-bond acceptors (Lipinski definition) is 4. The molecule has 6 nitrogen and oxygen atoms in total. The van der Waals surface area contributed by atoms with Gasteiger partial charge < -0.3 is 10.6 Å². The van der Waals surface area contributed by atoms with E-state index in [1.165, 1.54) is 16.8 Å². The van der Waals surface area contributed by atoms with E-state index in [-0.39, 0.29) is 29.7 Å². The molecule has 0 unspecified atom stereocenters. The number of thiophene rings is 1. The third-order valence-corrected chi connectivity index (χ3v) is 5.90. The Bertz CT molecular complexity index is 835. The summed E-state index contributed by atoms with van der Waals surface area (Å²) < 4.78 is 25.6. The first-order chi connectivity index (χ1) is 11.9. The molecule has 0 saturated carbocycles. The molecule has 0 bridgehead atoms.